The highest BCUT2D eigenvalue weighted by molar-refractivity contribution is 7.98. The van der Waals surface area contributed by atoms with Crippen LogP contribution in [0.5, 0.6) is 0 Å². The molecule has 100 valence electrons. The first-order chi connectivity index (χ1) is 8.70. The van der Waals surface area contributed by atoms with Crippen LogP contribution in [-0.2, 0) is 0 Å². The molecule has 2 atom stereocenters. The molecule has 1 aliphatic rings. The van der Waals surface area contributed by atoms with Crippen LogP contribution in [0.1, 0.15) is 30.9 Å². The third kappa shape index (κ3) is 3.50. The minimum Gasteiger partial charge on any atom is -0.314 e. The van der Waals surface area contributed by atoms with Gasteiger partial charge in [0.2, 0.25) is 0 Å². The lowest BCUT2D eigenvalue weighted by Gasteiger charge is -2.27. The van der Waals surface area contributed by atoms with E-state index in [1.165, 1.54) is 36.3 Å². The zero-order valence-electron chi connectivity index (χ0n) is 11.6. The maximum Gasteiger partial charge on any atom is 0.0356 e. The van der Waals surface area contributed by atoms with Crippen LogP contribution >= 0.6 is 11.8 Å². The number of hydrogen-bond donors (Lipinski definition) is 1. The topological polar surface area (TPSA) is 15.3 Å². The highest BCUT2D eigenvalue weighted by Gasteiger charge is 2.22. The third-order valence-corrected chi connectivity index (χ3v) is 4.54. The molecule has 2 unspecified atom stereocenters. The molecule has 0 saturated carbocycles. The molecule has 0 aromatic heterocycles. The summed E-state index contributed by atoms with van der Waals surface area (Å²) in [5.74, 6) is 0. The van der Waals surface area contributed by atoms with Crippen molar-refractivity contribution in [2.45, 2.75) is 36.2 Å². The second kappa shape index (κ2) is 6.60. The van der Waals surface area contributed by atoms with Gasteiger partial charge in [-0.1, -0.05) is 12.1 Å². The third-order valence-electron chi connectivity index (χ3n) is 3.79. The van der Waals surface area contributed by atoms with Gasteiger partial charge in [0.25, 0.3) is 0 Å². The van der Waals surface area contributed by atoms with Gasteiger partial charge in [-0.2, -0.15) is 0 Å². The minimum atomic E-state index is 0.525. The summed E-state index contributed by atoms with van der Waals surface area (Å²) in [5.41, 5.74) is 1.44. The monoisotopic (exact) mass is 264 g/mol. The Balaban J connectivity index is 2.07. The summed E-state index contributed by atoms with van der Waals surface area (Å²) in [6.45, 7) is 1.19. The van der Waals surface area contributed by atoms with E-state index in [0.717, 1.165) is 0 Å². The number of nitrogens with one attached hydrogen (secondary N) is 1. The second-order valence-electron chi connectivity index (χ2n) is 5.28. The largest absolute Gasteiger partial charge is 0.314 e. The molecule has 1 aromatic rings. The van der Waals surface area contributed by atoms with Crippen molar-refractivity contribution in [2.24, 2.45) is 0 Å². The highest BCUT2D eigenvalue weighted by atomic mass is 32.2. The molecule has 2 rings (SSSR count). The van der Waals surface area contributed by atoms with E-state index in [1.54, 1.807) is 11.8 Å². The average molecular weight is 264 g/mol. The Morgan fingerprint density at radius 1 is 1.33 bits per heavy atom. The summed E-state index contributed by atoms with van der Waals surface area (Å²) >= 11 is 1.80. The normalized spacial score (nSPS) is 21.4. The van der Waals surface area contributed by atoms with E-state index < -0.39 is 0 Å². The predicted octanol–water partition coefficient (Wildman–Crippen LogP) is 3.15. The Morgan fingerprint density at radius 2 is 2.06 bits per heavy atom. The van der Waals surface area contributed by atoms with Gasteiger partial charge in [0, 0.05) is 17.0 Å². The lowest BCUT2D eigenvalue weighted by Crippen LogP contribution is -2.29. The van der Waals surface area contributed by atoms with Gasteiger partial charge in [0.05, 0.1) is 0 Å². The molecule has 0 aliphatic carbocycles. The van der Waals surface area contributed by atoms with Gasteiger partial charge in [-0.25, -0.2) is 0 Å². The molecule has 3 heteroatoms. The molecular weight excluding hydrogens is 240 g/mol. The molecule has 0 radical (unpaired) electrons. The quantitative estimate of drug-likeness (QED) is 0.823. The first-order valence-corrected chi connectivity index (χ1v) is 7.97. The van der Waals surface area contributed by atoms with Gasteiger partial charge in [0.15, 0.2) is 0 Å². The molecule has 0 spiro atoms. The van der Waals surface area contributed by atoms with Crippen molar-refractivity contribution in [1.82, 2.24) is 10.2 Å². The van der Waals surface area contributed by atoms with Crippen LogP contribution in [0.15, 0.2) is 29.2 Å². The molecular formula is C15H24N2S. The maximum atomic E-state index is 3.60. The number of nitrogens with zero attached hydrogens (tertiary/aromatic N) is 1. The first-order valence-electron chi connectivity index (χ1n) is 6.74. The summed E-state index contributed by atoms with van der Waals surface area (Å²) < 4.78 is 0. The lowest BCUT2D eigenvalue weighted by molar-refractivity contribution is 0.262. The Labute approximate surface area is 115 Å². The Morgan fingerprint density at radius 3 is 2.56 bits per heavy atom. The number of thioether (sulfide) groups is 1. The average Bonchev–Trinajstić information content (AvgIpc) is 2.89. The SMILES string of the molecule is CSc1ccc(C(CC2CCCN2)N(C)C)cc1. The van der Waals surface area contributed by atoms with Gasteiger partial charge < -0.3 is 10.2 Å². The van der Waals surface area contributed by atoms with E-state index in [2.05, 4.69) is 54.8 Å². The molecule has 1 saturated heterocycles. The Bertz CT molecular complexity index is 355. The molecule has 2 nitrogen and oxygen atoms in total. The first kappa shape index (κ1) is 13.9. The van der Waals surface area contributed by atoms with Crippen molar-refractivity contribution in [1.29, 1.82) is 0 Å². The van der Waals surface area contributed by atoms with Crippen molar-refractivity contribution < 1.29 is 0 Å². The number of hydrogen-bond acceptors (Lipinski definition) is 3. The van der Waals surface area contributed by atoms with Crippen LogP contribution in [0.4, 0.5) is 0 Å². The van der Waals surface area contributed by atoms with Crippen molar-refractivity contribution in [3.05, 3.63) is 29.8 Å². The van der Waals surface area contributed by atoms with Crippen LogP contribution in [0.25, 0.3) is 0 Å². The standard InChI is InChI=1S/C15H24N2S/c1-17(2)15(11-13-5-4-10-16-13)12-6-8-14(18-3)9-7-12/h6-9,13,15-16H,4-5,10-11H2,1-3H3. The second-order valence-corrected chi connectivity index (χ2v) is 6.16. The van der Waals surface area contributed by atoms with E-state index in [4.69, 9.17) is 0 Å². The summed E-state index contributed by atoms with van der Waals surface area (Å²) in [6, 6.07) is 10.3. The molecule has 18 heavy (non-hydrogen) atoms. The molecule has 1 aromatic carbocycles. The van der Waals surface area contributed by atoms with Gasteiger partial charge >= 0.3 is 0 Å². The van der Waals surface area contributed by atoms with Crippen molar-refractivity contribution in [3.8, 4) is 0 Å². The number of rotatable bonds is 5. The fraction of sp³-hybridized carbons (Fsp3) is 0.600. The van der Waals surface area contributed by atoms with Crippen LogP contribution in [0, 0.1) is 0 Å². The van der Waals surface area contributed by atoms with Crippen LogP contribution < -0.4 is 5.32 Å². The van der Waals surface area contributed by atoms with E-state index >= 15 is 0 Å². The molecule has 1 fully saturated rings. The Hall–Kier alpha value is -0.510. The van der Waals surface area contributed by atoms with E-state index in [1.807, 2.05) is 0 Å². The van der Waals surface area contributed by atoms with Gasteiger partial charge in [-0.3, -0.25) is 0 Å². The molecule has 1 N–H and O–H groups in total. The maximum absolute atomic E-state index is 3.60. The Kier molecular flexibility index (Phi) is 5.10. The van der Waals surface area contributed by atoms with E-state index in [9.17, 15) is 0 Å². The predicted molar refractivity (Wildman–Crippen MR) is 80.3 cm³/mol. The smallest absolute Gasteiger partial charge is 0.0356 e. The number of benzene rings is 1. The fourth-order valence-electron chi connectivity index (χ4n) is 2.70. The summed E-state index contributed by atoms with van der Waals surface area (Å²) in [7, 11) is 4.37. The van der Waals surface area contributed by atoms with Crippen molar-refractivity contribution >= 4 is 11.8 Å². The summed E-state index contributed by atoms with van der Waals surface area (Å²) in [4.78, 5) is 3.68. The molecule has 0 bridgehead atoms. The molecule has 0 amide bonds. The van der Waals surface area contributed by atoms with Gasteiger partial charge in [0.1, 0.15) is 0 Å². The lowest BCUT2D eigenvalue weighted by atomic mass is 9.97. The van der Waals surface area contributed by atoms with Gasteiger partial charge in [-0.15, -0.1) is 11.8 Å². The fourth-order valence-corrected chi connectivity index (χ4v) is 3.11. The van der Waals surface area contributed by atoms with E-state index in [-0.39, 0.29) is 0 Å². The van der Waals surface area contributed by atoms with Crippen LogP contribution in [0.3, 0.4) is 0 Å². The van der Waals surface area contributed by atoms with Crippen LogP contribution in [0.2, 0.25) is 0 Å². The van der Waals surface area contributed by atoms with E-state index in [0.29, 0.717) is 12.1 Å². The highest BCUT2D eigenvalue weighted by Crippen LogP contribution is 2.27. The van der Waals surface area contributed by atoms with Crippen molar-refractivity contribution in [2.75, 3.05) is 26.9 Å². The zero-order chi connectivity index (χ0) is 13.0. The van der Waals surface area contributed by atoms with Gasteiger partial charge in [-0.05, 0) is 63.9 Å². The minimum absolute atomic E-state index is 0.525. The summed E-state index contributed by atoms with van der Waals surface area (Å²) in [5, 5.41) is 3.60. The van der Waals surface area contributed by atoms with Crippen LogP contribution in [-0.4, -0.2) is 37.8 Å². The summed E-state index contributed by atoms with van der Waals surface area (Å²) in [6.07, 6.45) is 6.00. The van der Waals surface area contributed by atoms with Crippen molar-refractivity contribution in [3.63, 3.8) is 0 Å². The molecule has 1 aliphatic heterocycles. The molecule has 1 heterocycles. The zero-order valence-corrected chi connectivity index (χ0v) is 12.5.